The van der Waals surface area contributed by atoms with Crippen LogP contribution in [0.15, 0.2) is 83.8 Å². The second-order valence-corrected chi connectivity index (χ2v) is 10.7. The van der Waals surface area contributed by atoms with Gasteiger partial charge in [-0.05, 0) is 47.9 Å². The fourth-order valence-electron chi connectivity index (χ4n) is 3.18. The molecule has 0 fully saturated rings. The number of carbonyl (C=O) groups is 1. The highest BCUT2D eigenvalue weighted by Gasteiger charge is 2.27. The molecule has 33 heavy (non-hydrogen) atoms. The quantitative estimate of drug-likeness (QED) is 0.368. The summed E-state index contributed by atoms with van der Waals surface area (Å²) < 4.78 is 27.8. The number of thioether (sulfide) groups is 1. The zero-order valence-corrected chi connectivity index (χ0v) is 20.8. The van der Waals surface area contributed by atoms with Crippen molar-refractivity contribution in [1.82, 2.24) is 5.32 Å². The molecule has 0 aliphatic heterocycles. The number of nitrogens with one attached hydrogen (secondary N) is 1. The van der Waals surface area contributed by atoms with Crippen molar-refractivity contribution in [2.24, 2.45) is 0 Å². The number of sulfonamides is 1. The number of carbonyl (C=O) groups excluding carboxylic acids is 1. The van der Waals surface area contributed by atoms with E-state index in [0.717, 1.165) is 32.6 Å². The van der Waals surface area contributed by atoms with E-state index in [9.17, 15) is 13.2 Å². The molecule has 0 spiro atoms. The number of anilines is 1. The third-order valence-corrected chi connectivity index (χ3v) is 8.20. The number of rotatable bonds is 11. The Bertz CT molecular complexity index is 1150. The summed E-state index contributed by atoms with van der Waals surface area (Å²) in [4.78, 5) is 12.8. The summed E-state index contributed by atoms with van der Waals surface area (Å²) in [6.07, 6.45) is 0.845. The van der Waals surface area contributed by atoms with E-state index in [0.29, 0.717) is 18.0 Å². The lowest BCUT2D eigenvalue weighted by molar-refractivity contribution is -0.119. The second kappa shape index (κ2) is 12.1. The van der Waals surface area contributed by atoms with E-state index < -0.39 is 10.0 Å². The average molecular weight is 503 g/mol. The van der Waals surface area contributed by atoms with Crippen molar-refractivity contribution in [3.63, 3.8) is 0 Å². The van der Waals surface area contributed by atoms with Gasteiger partial charge in [-0.1, -0.05) is 67.1 Å². The van der Waals surface area contributed by atoms with Crippen LogP contribution in [-0.4, -0.2) is 33.2 Å². The van der Waals surface area contributed by atoms with Gasteiger partial charge in [-0.25, -0.2) is 8.42 Å². The lowest BCUT2D eigenvalue weighted by Crippen LogP contribution is -2.41. The van der Waals surface area contributed by atoms with Gasteiger partial charge in [-0.3, -0.25) is 9.10 Å². The fourth-order valence-corrected chi connectivity index (χ4v) is 5.77. The number of halogens is 1. The van der Waals surface area contributed by atoms with Gasteiger partial charge >= 0.3 is 0 Å². The Labute approximate surface area is 205 Å². The van der Waals surface area contributed by atoms with Crippen molar-refractivity contribution in [1.29, 1.82) is 0 Å². The molecule has 0 saturated carbocycles. The van der Waals surface area contributed by atoms with E-state index >= 15 is 0 Å². The van der Waals surface area contributed by atoms with E-state index in [2.05, 4.69) is 5.32 Å². The zero-order chi connectivity index (χ0) is 23.7. The minimum absolute atomic E-state index is 0.146. The molecule has 0 radical (unpaired) electrons. The molecule has 0 saturated heterocycles. The minimum Gasteiger partial charge on any atom is -0.354 e. The van der Waals surface area contributed by atoms with E-state index in [1.807, 2.05) is 43.3 Å². The van der Waals surface area contributed by atoms with Gasteiger partial charge in [0, 0.05) is 23.1 Å². The van der Waals surface area contributed by atoms with Gasteiger partial charge in [0.15, 0.2) is 0 Å². The van der Waals surface area contributed by atoms with Crippen LogP contribution >= 0.6 is 23.4 Å². The first-order valence-electron chi connectivity index (χ1n) is 10.7. The fraction of sp³-hybridized carbons (Fsp3) is 0.240. The molecular formula is C25H27ClN2O3S2. The molecule has 0 aromatic heterocycles. The standard InChI is InChI=1S/C25H27ClN2O3S2/c1-2-20-12-14-22(15-13-20)28(33(30,31)23-9-4-3-5-10-23)18-25(29)27-16-17-32-19-21-8-6-7-11-24(21)26/h3-15H,2,16-19H2,1H3,(H,27,29). The number of aryl methyl sites for hydroxylation is 1. The number of hydrogen-bond acceptors (Lipinski definition) is 4. The maximum absolute atomic E-state index is 13.3. The van der Waals surface area contributed by atoms with Crippen molar-refractivity contribution in [2.45, 2.75) is 24.0 Å². The van der Waals surface area contributed by atoms with E-state index in [1.165, 1.54) is 12.1 Å². The minimum atomic E-state index is -3.89. The third kappa shape index (κ3) is 7.00. The number of amides is 1. The van der Waals surface area contributed by atoms with Crippen LogP contribution in [0.5, 0.6) is 0 Å². The maximum atomic E-state index is 13.3. The Morgan fingerprint density at radius 2 is 1.64 bits per heavy atom. The Hall–Kier alpha value is -2.48. The molecule has 3 rings (SSSR count). The Morgan fingerprint density at radius 1 is 0.970 bits per heavy atom. The molecule has 5 nitrogen and oxygen atoms in total. The first-order valence-corrected chi connectivity index (χ1v) is 13.6. The molecule has 3 aromatic rings. The zero-order valence-electron chi connectivity index (χ0n) is 18.4. The molecular weight excluding hydrogens is 476 g/mol. The highest BCUT2D eigenvalue weighted by Crippen LogP contribution is 2.24. The Balaban J connectivity index is 1.64. The molecule has 1 N–H and O–H groups in total. The topological polar surface area (TPSA) is 66.5 Å². The molecule has 0 bridgehead atoms. The summed E-state index contributed by atoms with van der Waals surface area (Å²) in [6, 6.07) is 23.1. The van der Waals surface area contributed by atoms with Crippen LogP contribution in [0.2, 0.25) is 5.02 Å². The van der Waals surface area contributed by atoms with Crippen LogP contribution in [0, 0.1) is 0 Å². The average Bonchev–Trinajstić information content (AvgIpc) is 2.84. The number of benzene rings is 3. The van der Waals surface area contributed by atoms with Gasteiger partial charge < -0.3 is 5.32 Å². The highest BCUT2D eigenvalue weighted by molar-refractivity contribution is 7.98. The molecule has 1 amide bonds. The first-order chi connectivity index (χ1) is 15.9. The van der Waals surface area contributed by atoms with Crippen LogP contribution in [0.3, 0.4) is 0 Å². The normalized spacial score (nSPS) is 11.2. The predicted octanol–water partition coefficient (Wildman–Crippen LogP) is 5.15. The molecule has 0 heterocycles. The van der Waals surface area contributed by atoms with Gasteiger partial charge in [0.1, 0.15) is 6.54 Å². The summed E-state index contributed by atoms with van der Waals surface area (Å²) in [5.41, 5.74) is 2.60. The summed E-state index contributed by atoms with van der Waals surface area (Å²) >= 11 is 7.82. The molecule has 0 unspecified atom stereocenters. The second-order valence-electron chi connectivity index (χ2n) is 7.34. The van der Waals surface area contributed by atoms with Crippen molar-refractivity contribution in [2.75, 3.05) is 23.1 Å². The SMILES string of the molecule is CCc1ccc(N(CC(=O)NCCSCc2ccccc2Cl)S(=O)(=O)c2ccccc2)cc1. The lowest BCUT2D eigenvalue weighted by atomic mass is 10.1. The van der Waals surface area contributed by atoms with Crippen molar-refractivity contribution < 1.29 is 13.2 Å². The van der Waals surface area contributed by atoms with Crippen LogP contribution in [0.4, 0.5) is 5.69 Å². The number of nitrogens with zero attached hydrogens (tertiary/aromatic N) is 1. The first kappa shape index (κ1) is 25.1. The van der Waals surface area contributed by atoms with E-state index in [1.54, 1.807) is 42.1 Å². The lowest BCUT2D eigenvalue weighted by Gasteiger charge is -2.24. The van der Waals surface area contributed by atoms with Gasteiger partial charge in [0.25, 0.3) is 10.0 Å². The monoisotopic (exact) mass is 502 g/mol. The van der Waals surface area contributed by atoms with Gasteiger partial charge in [-0.15, -0.1) is 0 Å². The van der Waals surface area contributed by atoms with Crippen LogP contribution in [0.1, 0.15) is 18.1 Å². The van der Waals surface area contributed by atoms with Crippen molar-refractivity contribution >= 4 is 45.0 Å². The summed E-state index contributed by atoms with van der Waals surface area (Å²) in [6.45, 7) is 2.17. The van der Waals surface area contributed by atoms with Gasteiger partial charge in [-0.2, -0.15) is 11.8 Å². The van der Waals surface area contributed by atoms with Crippen molar-refractivity contribution in [3.05, 3.63) is 95.0 Å². The predicted molar refractivity (Wildman–Crippen MR) is 137 cm³/mol. The Morgan fingerprint density at radius 3 is 2.30 bits per heavy atom. The van der Waals surface area contributed by atoms with Crippen molar-refractivity contribution in [3.8, 4) is 0 Å². The maximum Gasteiger partial charge on any atom is 0.264 e. The molecule has 8 heteroatoms. The van der Waals surface area contributed by atoms with Gasteiger partial charge in [0.2, 0.25) is 5.91 Å². The van der Waals surface area contributed by atoms with Crippen LogP contribution < -0.4 is 9.62 Å². The summed E-state index contributed by atoms with van der Waals surface area (Å²) in [7, 11) is -3.89. The molecule has 3 aromatic carbocycles. The highest BCUT2D eigenvalue weighted by atomic mass is 35.5. The third-order valence-electron chi connectivity index (χ3n) is 5.03. The molecule has 0 atom stereocenters. The summed E-state index contributed by atoms with van der Waals surface area (Å²) in [5, 5.41) is 3.56. The Kier molecular flexibility index (Phi) is 9.23. The number of hydrogen-bond donors (Lipinski definition) is 1. The van der Waals surface area contributed by atoms with E-state index in [4.69, 9.17) is 11.6 Å². The van der Waals surface area contributed by atoms with Crippen LogP contribution in [0.25, 0.3) is 0 Å². The van der Waals surface area contributed by atoms with Crippen LogP contribution in [-0.2, 0) is 27.0 Å². The smallest absolute Gasteiger partial charge is 0.264 e. The largest absolute Gasteiger partial charge is 0.354 e. The summed E-state index contributed by atoms with van der Waals surface area (Å²) in [5.74, 6) is 1.08. The molecule has 174 valence electrons. The van der Waals surface area contributed by atoms with E-state index in [-0.39, 0.29) is 17.3 Å². The molecule has 0 aliphatic rings. The molecule has 0 aliphatic carbocycles. The van der Waals surface area contributed by atoms with Gasteiger partial charge in [0.05, 0.1) is 10.6 Å².